The summed E-state index contributed by atoms with van der Waals surface area (Å²) in [5.41, 5.74) is 4.60. The van der Waals surface area contributed by atoms with Crippen LogP contribution in [-0.2, 0) is 16.0 Å². The number of para-hydroxylation sites is 1. The van der Waals surface area contributed by atoms with E-state index in [9.17, 15) is 9.59 Å². The minimum absolute atomic E-state index is 0.200. The van der Waals surface area contributed by atoms with Gasteiger partial charge < -0.3 is 9.64 Å². The molecule has 0 unspecified atom stereocenters. The molecule has 4 rings (SSSR count). The third-order valence-electron chi connectivity index (χ3n) is 4.74. The number of hydrogen-bond acceptors (Lipinski definition) is 3. The Balaban J connectivity index is 1.38. The average Bonchev–Trinajstić information content (AvgIpc) is 3.17. The van der Waals surface area contributed by atoms with Gasteiger partial charge in [0.05, 0.1) is 5.56 Å². The standard InChI is InChI=1S/C23H19NO3/c25-22(24-15-14-19-8-4-5-9-21(19)24)16-27-23(26)20-12-10-18(11-13-20)17-6-2-1-3-7-17/h1-13H,14-16H2. The molecular formula is C23H19NO3. The van der Waals surface area contributed by atoms with E-state index in [0.29, 0.717) is 12.1 Å². The molecule has 4 nitrogen and oxygen atoms in total. The Bertz CT molecular complexity index is 964. The molecule has 1 amide bonds. The monoisotopic (exact) mass is 357 g/mol. The number of hydrogen-bond donors (Lipinski definition) is 0. The normalized spacial score (nSPS) is 12.5. The molecule has 3 aromatic carbocycles. The number of nitrogens with zero attached hydrogens (tertiary/aromatic N) is 1. The number of anilines is 1. The molecule has 1 aliphatic heterocycles. The Labute approximate surface area is 158 Å². The van der Waals surface area contributed by atoms with Gasteiger partial charge in [0.15, 0.2) is 6.61 Å². The molecule has 0 saturated carbocycles. The maximum absolute atomic E-state index is 12.4. The van der Waals surface area contributed by atoms with E-state index in [4.69, 9.17) is 4.74 Å². The van der Waals surface area contributed by atoms with Crippen LogP contribution in [0.25, 0.3) is 11.1 Å². The van der Waals surface area contributed by atoms with Gasteiger partial charge in [-0.25, -0.2) is 4.79 Å². The SMILES string of the molecule is O=C(OCC(=O)N1CCc2ccccc21)c1ccc(-c2ccccc2)cc1. The second-order valence-electron chi connectivity index (χ2n) is 6.44. The Morgan fingerprint density at radius 3 is 2.26 bits per heavy atom. The van der Waals surface area contributed by atoms with Gasteiger partial charge in [0.2, 0.25) is 0 Å². The molecule has 0 fully saturated rings. The van der Waals surface area contributed by atoms with Crippen LogP contribution < -0.4 is 4.90 Å². The molecule has 27 heavy (non-hydrogen) atoms. The van der Waals surface area contributed by atoms with Gasteiger partial charge in [-0.05, 0) is 41.3 Å². The Morgan fingerprint density at radius 2 is 1.48 bits per heavy atom. The molecule has 0 bridgehead atoms. The zero-order valence-electron chi connectivity index (χ0n) is 14.8. The number of carbonyl (C=O) groups is 2. The summed E-state index contributed by atoms with van der Waals surface area (Å²) in [5, 5.41) is 0. The molecule has 134 valence electrons. The molecule has 0 atom stereocenters. The van der Waals surface area contributed by atoms with Crippen LogP contribution in [0.4, 0.5) is 5.69 Å². The first-order valence-corrected chi connectivity index (χ1v) is 8.93. The third-order valence-corrected chi connectivity index (χ3v) is 4.74. The van der Waals surface area contributed by atoms with E-state index >= 15 is 0 Å². The fourth-order valence-electron chi connectivity index (χ4n) is 3.32. The maximum Gasteiger partial charge on any atom is 0.338 e. The van der Waals surface area contributed by atoms with Crippen LogP contribution in [0.2, 0.25) is 0 Å². The number of ether oxygens (including phenoxy) is 1. The number of esters is 1. The Hall–Kier alpha value is -3.40. The van der Waals surface area contributed by atoms with Crippen molar-refractivity contribution >= 4 is 17.6 Å². The van der Waals surface area contributed by atoms with Gasteiger partial charge in [-0.15, -0.1) is 0 Å². The van der Waals surface area contributed by atoms with Crippen LogP contribution in [0.1, 0.15) is 15.9 Å². The molecular weight excluding hydrogens is 338 g/mol. The van der Waals surface area contributed by atoms with E-state index in [0.717, 1.165) is 28.8 Å². The molecule has 4 heteroatoms. The number of rotatable bonds is 4. The topological polar surface area (TPSA) is 46.6 Å². The quantitative estimate of drug-likeness (QED) is 0.661. The van der Waals surface area contributed by atoms with E-state index in [1.54, 1.807) is 17.0 Å². The summed E-state index contributed by atoms with van der Waals surface area (Å²) >= 11 is 0. The van der Waals surface area contributed by atoms with Crippen molar-refractivity contribution in [2.45, 2.75) is 6.42 Å². The van der Waals surface area contributed by atoms with Gasteiger partial charge in [-0.3, -0.25) is 4.79 Å². The largest absolute Gasteiger partial charge is 0.452 e. The molecule has 0 saturated heterocycles. The second kappa shape index (κ2) is 7.46. The molecule has 0 aromatic heterocycles. The van der Waals surface area contributed by atoms with E-state index < -0.39 is 5.97 Å². The number of amides is 1. The maximum atomic E-state index is 12.4. The highest BCUT2D eigenvalue weighted by atomic mass is 16.5. The summed E-state index contributed by atoms with van der Waals surface area (Å²) < 4.78 is 5.23. The molecule has 0 N–H and O–H groups in total. The van der Waals surface area contributed by atoms with Crippen molar-refractivity contribution in [1.29, 1.82) is 0 Å². The smallest absolute Gasteiger partial charge is 0.338 e. The van der Waals surface area contributed by atoms with Crippen molar-refractivity contribution in [3.05, 3.63) is 90.0 Å². The zero-order valence-corrected chi connectivity index (χ0v) is 14.8. The fourth-order valence-corrected chi connectivity index (χ4v) is 3.32. The summed E-state index contributed by atoms with van der Waals surface area (Å²) in [6.45, 7) is 0.370. The lowest BCUT2D eigenvalue weighted by molar-refractivity contribution is -0.121. The average molecular weight is 357 g/mol. The minimum atomic E-state index is -0.490. The van der Waals surface area contributed by atoms with E-state index in [-0.39, 0.29) is 12.5 Å². The first-order valence-electron chi connectivity index (χ1n) is 8.93. The third kappa shape index (κ3) is 3.60. The van der Waals surface area contributed by atoms with Crippen LogP contribution in [0.5, 0.6) is 0 Å². The molecule has 0 aliphatic carbocycles. The van der Waals surface area contributed by atoms with E-state index in [1.165, 1.54) is 0 Å². The highest BCUT2D eigenvalue weighted by Crippen LogP contribution is 2.27. The van der Waals surface area contributed by atoms with Crippen LogP contribution in [0, 0.1) is 0 Å². The number of carbonyl (C=O) groups excluding carboxylic acids is 2. The first kappa shape index (κ1) is 17.0. The van der Waals surface area contributed by atoms with Crippen LogP contribution in [0.3, 0.4) is 0 Å². The van der Waals surface area contributed by atoms with Crippen molar-refractivity contribution in [1.82, 2.24) is 0 Å². The Morgan fingerprint density at radius 1 is 0.815 bits per heavy atom. The van der Waals surface area contributed by atoms with Crippen molar-refractivity contribution in [2.24, 2.45) is 0 Å². The van der Waals surface area contributed by atoms with Crippen LogP contribution >= 0.6 is 0 Å². The Kier molecular flexibility index (Phi) is 4.71. The summed E-state index contributed by atoms with van der Waals surface area (Å²) in [4.78, 5) is 26.4. The van der Waals surface area contributed by atoms with Gasteiger partial charge in [0.25, 0.3) is 5.91 Å². The van der Waals surface area contributed by atoms with Crippen molar-refractivity contribution in [3.63, 3.8) is 0 Å². The van der Waals surface area contributed by atoms with E-state index in [1.807, 2.05) is 66.7 Å². The summed E-state index contributed by atoms with van der Waals surface area (Å²) in [5.74, 6) is -0.690. The zero-order chi connectivity index (χ0) is 18.6. The first-order chi connectivity index (χ1) is 13.2. The highest BCUT2D eigenvalue weighted by molar-refractivity contribution is 5.98. The predicted molar refractivity (Wildman–Crippen MR) is 105 cm³/mol. The molecule has 0 spiro atoms. The lowest BCUT2D eigenvalue weighted by atomic mass is 10.0. The van der Waals surface area contributed by atoms with Crippen molar-refractivity contribution < 1.29 is 14.3 Å². The second-order valence-corrected chi connectivity index (χ2v) is 6.44. The minimum Gasteiger partial charge on any atom is -0.452 e. The number of fused-ring (bicyclic) bond motifs is 1. The lowest BCUT2D eigenvalue weighted by Gasteiger charge is -2.17. The van der Waals surface area contributed by atoms with Crippen LogP contribution in [-0.4, -0.2) is 25.0 Å². The number of benzene rings is 3. The molecule has 0 radical (unpaired) electrons. The predicted octanol–water partition coefficient (Wildman–Crippen LogP) is 4.10. The van der Waals surface area contributed by atoms with Gasteiger partial charge in [-0.1, -0.05) is 60.7 Å². The fraction of sp³-hybridized carbons (Fsp3) is 0.130. The van der Waals surface area contributed by atoms with Crippen LogP contribution in [0.15, 0.2) is 78.9 Å². The van der Waals surface area contributed by atoms with Gasteiger partial charge in [0.1, 0.15) is 0 Å². The molecule has 1 aliphatic rings. The van der Waals surface area contributed by atoms with Crippen molar-refractivity contribution in [2.75, 3.05) is 18.1 Å². The molecule has 1 heterocycles. The molecule has 3 aromatic rings. The van der Waals surface area contributed by atoms with E-state index in [2.05, 4.69) is 0 Å². The highest BCUT2D eigenvalue weighted by Gasteiger charge is 2.25. The van der Waals surface area contributed by atoms with Gasteiger partial charge in [0, 0.05) is 12.2 Å². The lowest BCUT2D eigenvalue weighted by Crippen LogP contribution is -2.33. The summed E-state index contributed by atoms with van der Waals surface area (Å²) in [6, 6.07) is 24.9. The van der Waals surface area contributed by atoms with Crippen molar-refractivity contribution in [3.8, 4) is 11.1 Å². The summed E-state index contributed by atoms with van der Waals surface area (Å²) in [6.07, 6.45) is 0.830. The van der Waals surface area contributed by atoms with Gasteiger partial charge in [-0.2, -0.15) is 0 Å². The van der Waals surface area contributed by atoms with Gasteiger partial charge >= 0.3 is 5.97 Å². The summed E-state index contributed by atoms with van der Waals surface area (Å²) in [7, 11) is 0.